The molecule has 0 radical (unpaired) electrons. The fourth-order valence-corrected chi connectivity index (χ4v) is 1.69. The summed E-state index contributed by atoms with van der Waals surface area (Å²) in [6, 6.07) is 0. The van der Waals surface area contributed by atoms with Crippen LogP contribution in [0.15, 0.2) is 0 Å². The van der Waals surface area contributed by atoms with Gasteiger partial charge in [0.1, 0.15) is 0 Å². The molecule has 12 heavy (non-hydrogen) atoms. The molecule has 2 N–H and O–H groups in total. The zero-order valence-corrected chi connectivity index (χ0v) is 8.51. The Morgan fingerprint density at radius 2 is 2.00 bits per heavy atom. The SMILES string of the molecule is CC(C)CCSCCOB(O)O. The molecular formula is C7H17BO3S. The first-order valence-corrected chi connectivity index (χ1v) is 5.34. The zero-order valence-electron chi connectivity index (χ0n) is 7.69. The van der Waals surface area contributed by atoms with E-state index in [4.69, 9.17) is 10.0 Å². The Balaban J connectivity index is 2.91. The molecule has 0 aromatic heterocycles. The largest absolute Gasteiger partial charge is 0.633 e. The molecule has 0 aromatic carbocycles. The molecule has 0 aromatic rings. The lowest BCUT2D eigenvalue weighted by atomic mass is 10.2. The van der Waals surface area contributed by atoms with Crippen molar-refractivity contribution in [3.05, 3.63) is 0 Å². The van der Waals surface area contributed by atoms with Crippen LogP contribution < -0.4 is 0 Å². The Kier molecular flexibility index (Phi) is 8.11. The van der Waals surface area contributed by atoms with E-state index in [-0.39, 0.29) is 0 Å². The topological polar surface area (TPSA) is 49.7 Å². The Labute approximate surface area is 78.7 Å². The third kappa shape index (κ3) is 10.3. The van der Waals surface area contributed by atoms with Gasteiger partial charge < -0.3 is 14.7 Å². The standard InChI is InChI=1S/C7H17BO3S/c1-7(2)3-5-12-6-4-11-8(9)10/h7,9-10H,3-6H2,1-2H3. The lowest BCUT2D eigenvalue weighted by molar-refractivity contribution is 0.198. The monoisotopic (exact) mass is 192 g/mol. The third-order valence-corrected chi connectivity index (χ3v) is 2.31. The molecule has 72 valence electrons. The maximum atomic E-state index is 8.32. The number of thioether (sulfide) groups is 1. The number of hydrogen-bond donors (Lipinski definition) is 2. The van der Waals surface area contributed by atoms with E-state index in [0.29, 0.717) is 6.61 Å². The molecule has 3 nitrogen and oxygen atoms in total. The second-order valence-corrected chi connectivity index (χ2v) is 4.22. The molecule has 0 rings (SSSR count). The molecule has 0 saturated heterocycles. The van der Waals surface area contributed by atoms with Crippen molar-refractivity contribution < 1.29 is 14.7 Å². The van der Waals surface area contributed by atoms with E-state index in [0.717, 1.165) is 17.4 Å². The van der Waals surface area contributed by atoms with Crippen LogP contribution >= 0.6 is 11.8 Å². The highest BCUT2D eigenvalue weighted by molar-refractivity contribution is 7.99. The first-order chi connectivity index (χ1) is 5.63. The van der Waals surface area contributed by atoms with Crippen molar-refractivity contribution >= 4 is 19.1 Å². The van der Waals surface area contributed by atoms with Crippen molar-refractivity contribution in [1.82, 2.24) is 0 Å². The Morgan fingerprint density at radius 1 is 1.33 bits per heavy atom. The molecule has 0 aliphatic rings. The summed E-state index contributed by atoms with van der Waals surface area (Å²) >= 11 is 1.78. The summed E-state index contributed by atoms with van der Waals surface area (Å²) in [4.78, 5) is 0. The molecule has 0 fully saturated rings. The van der Waals surface area contributed by atoms with Crippen molar-refractivity contribution in [1.29, 1.82) is 0 Å². The van der Waals surface area contributed by atoms with E-state index in [2.05, 4.69) is 18.5 Å². The molecular weight excluding hydrogens is 175 g/mol. The van der Waals surface area contributed by atoms with Crippen molar-refractivity contribution in [2.24, 2.45) is 5.92 Å². The van der Waals surface area contributed by atoms with Gasteiger partial charge in [-0.25, -0.2) is 0 Å². The van der Waals surface area contributed by atoms with E-state index < -0.39 is 7.32 Å². The first-order valence-electron chi connectivity index (χ1n) is 4.18. The lowest BCUT2D eigenvalue weighted by Crippen LogP contribution is -2.18. The molecule has 5 heteroatoms. The van der Waals surface area contributed by atoms with E-state index in [1.165, 1.54) is 6.42 Å². The molecule has 0 saturated carbocycles. The van der Waals surface area contributed by atoms with E-state index in [1.807, 2.05) is 0 Å². The second-order valence-electron chi connectivity index (χ2n) is 2.99. The van der Waals surface area contributed by atoms with Gasteiger partial charge in [-0.15, -0.1) is 0 Å². The van der Waals surface area contributed by atoms with Gasteiger partial charge in [-0.1, -0.05) is 13.8 Å². The van der Waals surface area contributed by atoms with Crippen LogP contribution in [0, 0.1) is 5.92 Å². The quantitative estimate of drug-likeness (QED) is 0.461. The van der Waals surface area contributed by atoms with Crippen LogP contribution in [-0.2, 0) is 4.65 Å². The van der Waals surface area contributed by atoms with Crippen LogP contribution in [-0.4, -0.2) is 35.5 Å². The minimum atomic E-state index is -1.62. The highest BCUT2D eigenvalue weighted by atomic mass is 32.2. The predicted octanol–water partition coefficient (Wildman–Crippen LogP) is 0.752. The molecule has 0 atom stereocenters. The lowest BCUT2D eigenvalue weighted by Gasteiger charge is -2.04. The Hall–Kier alpha value is 0.295. The second kappa shape index (κ2) is 7.92. The molecule has 0 aliphatic heterocycles. The third-order valence-electron chi connectivity index (χ3n) is 1.33. The van der Waals surface area contributed by atoms with E-state index >= 15 is 0 Å². The minimum Gasteiger partial charge on any atom is -0.402 e. The van der Waals surface area contributed by atoms with Gasteiger partial charge in [0, 0.05) is 12.4 Å². The maximum absolute atomic E-state index is 8.32. The van der Waals surface area contributed by atoms with Gasteiger partial charge in [-0.2, -0.15) is 11.8 Å². The Bertz CT molecular complexity index is 88.7. The van der Waals surface area contributed by atoms with Crippen molar-refractivity contribution in [2.75, 3.05) is 18.1 Å². The Morgan fingerprint density at radius 3 is 2.50 bits per heavy atom. The smallest absolute Gasteiger partial charge is 0.402 e. The average Bonchev–Trinajstić information content (AvgIpc) is 1.95. The summed E-state index contributed by atoms with van der Waals surface area (Å²) in [5.41, 5.74) is 0. The molecule has 0 bridgehead atoms. The fraction of sp³-hybridized carbons (Fsp3) is 1.00. The average molecular weight is 192 g/mol. The highest BCUT2D eigenvalue weighted by Crippen LogP contribution is 2.07. The van der Waals surface area contributed by atoms with Crippen LogP contribution in [0.25, 0.3) is 0 Å². The summed E-state index contributed by atoms with van der Waals surface area (Å²) < 4.78 is 4.54. The summed E-state index contributed by atoms with van der Waals surface area (Å²) in [5.74, 6) is 2.68. The normalized spacial score (nSPS) is 10.8. The molecule has 0 aliphatic carbocycles. The van der Waals surface area contributed by atoms with Gasteiger partial charge in [-0.3, -0.25) is 0 Å². The van der Waals surface area contributed by atoms with Crippen LogP contribution in [0.5, 0.6) is 0 Å². The van der Waals surface area contributed by atoms with E-state index in [9.17, 15) is 0 Å². The maximum Gasteiger partial charge on any atom is 0.633 e. The van der Waals surface area contributed by atoms with E-state index in [1.54, 1.807) is 11.8 Å². The van der Waals surface area contributed by atoms with Crippen LogP contribution in [0.2, 0.25) is 0 Å². The minimum absolute atomic E-state index is 0.403. The van der Waals surface area contributed by atoms with Crippen LogP contribution in [0.4, 0.5) is 0 Å². The van der Waals surface area contributed by atoms with Gasteiger partial charge in [0.25, 0.3) is 0 Å². The molecule has 0 amide bonds. The van der Waals surface area contributed by atoms with Crippen LogP contribution in [0.1, 0.15) is 20.3 Å². The van der Waals surface area contributed by atoms with Crippen molar-refractivity contribution in [2.45, 2.75) is 20.3 Å². The van der Waals surface area contributed by atoms with Crippen LogP contribution in [0.3, 0.4) is 0 Å². The highest BCUT2D eigenvalue weighted by Gasteiger charge is 2.06. The molecule has 0 heterocycles. The van der Waals surface area contributed by atoms with Gasteiger partial charge in [0.2, 0.25) is 0 Å². The van der Waals surface area contributed by atoms with Gasteiger partial charge in [0.15, 0.2) is 0 Å². The zero-order chi connectivity index (χ0) is 9.40. The summed E-state index contributed by atoms with van der Waals surface area (Å²) in [6.45, 7) is 4.78. The van der Waals surface area contributed by atoms with Gasteiger partial charge in [-0.05, 0) is 18.1 Å². The van der Waals surface area contributed by atoms with Gasteiger partial charge >= 0.3 is 7.32 Å². The predicted molar refractivity (Wildman–Crippen MR) is 52.9 cm³/mol. The van der Waals surface area contributed by atoms with Gasteiger partial charge in [0.05, 0.1) is 0 Å². The molecule has 0 unspecified atom stereocenters. The summed E-state index contributed by atoms with van der Waals surface area (Å²) in [5, 5.41) is 16.6. The number of hydrogen-bond acceptors (Lipinski definition) is 4. The van der Waals surface area contributed by atoms with Crippen molar-refractivity contribution in [3.8, 4) is 0 Å². The fourth-order valence-electron chi connectivity index (χ4n) is 0.634. The number of rotatable bonds is 7. The first kappa shape index (κ1) is 12.3. The van der Waals surface area contributed by atoms with Crippen molar-refractivity contribution in [3.63, 3.8) is 0 Å². The summed E-state index contributed by atoms with van der Waals surface area (Å²) in [6.07, 6.45) is 1.20. The summed E-state index contributed by atoms with van der Waals surface area (Å²) in [7, 11) is -1.62. The molecule has 0 spiro atoms.